The molecule has 1 fully saturated rings. The number of rotatable bonds is 3. The molecule has 1 saturated carbocycles. The lowest BCUT2D eigenvalue weighted by Gasteiger charge is -2.25. The summed E-state index contributed by atoms with van der Waals surface area (Å²) in [7, 11) is 0. The van der Waals surface area contributed by atoms with Crippen molar-refractivity contribution in [2.75, 3.05) is 0 Å². The molecule has 0 saturated heterocycles. The van der Waals surface area contributed by atoms with Crippen molar-refractivity contribution in [3.05, 3.63) is 29.5 Å². The molecule has 0 spiro atoms. The molecule has 0 aliphatic heterocycles. The van der Waals surface area contributed by atoms with E-state index in [4.69, 9.17) is 4.74 Å². The zero-order chi connectivity index (χ0) is 10.7. The Labute approximate surface area is 91.0 Å². The number of pyridine rings is 1. The van der Waals surface area contributed by atoms with Gasteiger partial charge in [0, 0.05) is 12.3 Å². The summed E-state index contributed by atoms with van der Waals surface area (Å²) in [4.78, 5) is 4.29. The normalized spacial score (nSPS) is 16.7. The molecule has 2 rings (SSSR count). The fraction of sp³-hybridized carbons (Fsp3) is 0.462. The predicted molar refractivity (Wildman–Crippen MR) is 61.9 cm³/mol. The van der Waals surface area contributed by atoms with Crippen LogP contribution in [0, 0.1) is 6.92 Å². The van der Waals surface area contributed by atoms with Crippen LogP contribution in [0.5, 0.6) is 5.88 Å². The van der Waals surface area contributed by atoms with Crippen LogP contribution in [0.3, 0.4) is 0 Å². The van der Waals surface area contributed by atoms with Crippen molar-refractivity contribution in [2.45, 2.75) is 39.2 Å². The predicted octanol–water partition coefficient (Wildman–Crippen LogP) is 3.35. The highest BCUT2D eigenvalue weighted by molar-refractivity contribution is 5.53. The van der Waals surface area contributed by atoms with Crippen molar-refractivity contribution in [1.29, 1.82) is 0 Å². The highest BCUT2D eigenvalue weighted by atomic mass is 16.5. The molecule has 80 valence electrons. The first-order chi connectivity index (χ1) is 7.29. The van der Waals surface area contributed by atoms with Crippen molar-refractivity contribution in [1.82, 2.24) is 4.98 Å². The van der Waals surface area contributed by atoms with Gasteiger partial charge in [0.15, 0.2) is 0 Å². The van der Waals surface area contributed by atoms with Crippen LogP contribution in [-0.4, -0.2) is 11.1 Å². The van der Waals surface area contributed by atoms with Gasteiger partial charge < -0.3 is 4.74 Å². The fourth-order valence-electron chi connectivity index (χ4n) is 1.60. The number of allylic oxidation sites excluding steroid dienone is 1. The summed E-state index contributed by atoms with van der Waals surface area (Å²) in [5.74, 6) is 0.762. The van der Waals surface area contributed by atoms with Crippen molar-refractivity contribution in [2.24, 2.45) is 0 Å². The Morgan fingerprint density at radius 1 is 1.47 bits per heavy atom. The van der Waals surface area contributed by atoms with E-state index >= 15 is 0 Å². The van der Waals surface area contributed by atoms with E-state index in [-0.39, 0.29) is 0 Å². The largest absolute Gasteiger partial charge is 0.474 e. The molecule has 2 heteroatoms. The third-order valence-electron chi connectivity index (χ3n) is 2.81. The number of hydrogen-bond acceptors (Lipinski definition) is 2. The van der Waals surface area contributed by atoms with E-state index in [1.54, 1.807) is 0 Å². The highest BCUT2D eigenvalue weighted by Crippen LogP contribution is 2.25. The van der Waals surface area contributed by atoms with Gasteiger partial charge in [-0.05, 0) is 44.2 Å². The number of ether oxygens (including phenoxy) is 1. The van der Waals surface area contributed by atoms with Gasteiger partial charge in [0.1, 0.15) is 6.10 Å². The molecule has 15 heavy (non-hydrogen) atoms. The van der Waals surface area contributed by atoms with Crippen LogP contribution in [0.15, 0.2) is 18.3 Å². The molecule has 0 bridgehead atoms. The van der Waals surface area contributed by atoms with Crippen LogP contribution < -0.4 is 4.74 Å². The topological polar surface area (TPSA) is 22.1 Å². The second-order valence-corrected chi connectivity index (χ2v) is 4.05. The second-order valence-electron chi connectivity index (χ2n) is 4.05. The summed E-state index contributed by atoms with van der Waals surface area (Å²) in [6.45, 7) is 4.09. The molecular weight excluding hydrogens is 186 g/mol. The molecule has 0 amide bonds. The Hall–Kier alpha value is -1.31. The number of hydrogen-bond donors (Lipinski definition) is 0. The van der Waals surface area contributed by atoms with E-state index in [1.165, 1.54) is 30.4 Å². The lowest BCUT2D eigenvalue weighted by atomic mass is 9.96. The van der Waals surface area contributed by atoms with E-state index in [1.807, 2.05) is 25.3 Å². The van der Waals surface area contributed by atoms with Crippen LogP contribution in [0.25, 0.3) is 6.08 Å². The van der Waals surface area contributed by atoms with Gasteiger partial charge in [0.05, 0.1) is 0 Å². The average Bonchev–Trinajstić information content (AvgIpc) is 2.17. The first kappa shape index (κ1) is 10.2. The molecule has 1 aromatic heterocycles. The number of aromatic nitrogens is 1. The van der Waals surface area contributed by atoms with Gasteiger partial charge in [0.25, 0.3) is 0 Å². The van der Waals surface area contributed by atoms with Gasteiger partial charge in [-0.15, -0.1) is 0 Å². The Bertz CT molecular complexity index is 367. The molecule has 0 aromatic carbocycles. The summed E-state index contributed by atoms with van der Waals surface area (Å²) in [6, 6.07) is 2.02. The van der Waals surface area contributed by atoms with Crippen LogP contribution >= 0.6 is 0 Å². The molecule has 0 N–H and O–H groups in total. The highest BCUT2D eigenvalue weighted by Gasteiger charge is 2.19. The lowest BCUT2D eigenvalue weighted by molar-refractivity contribution is 0.114. The summed E-state index contributed by atoms with van der Waals surface area (Å²) in [6.07, 6.45) is 10.0. The number of aryl methyl sites for hydroxylation is 1. The van der Waals surface area contributed by atoms with E-state index < -0.39 is 0 Å². The van der Waals surface area contributed by atoms with Crippen molar-refractivity contribution >= 4 is 6.08 Å². The molecule has 0 atom stereocenters. The smallest absolute Gasteiger partial charge is 0.214 e. The van der Waals surface area contributed by atoms with Gasteiger partial charge in [-0.25, -0.2) is 4.98 Å². The van der Waals surface area contributed by atoms with Gasteiger partial charge in [-0.2, -0.15) is 0 Å². The van der Waals surface area contributed by atoms with Crippen LogP contribution in [0.1, 0.15) is 37.3 Å². The minimum Gasteiger partial charge on any atom is -0.474 e. The zero-order valence-corrected chi connectivity index (χ0v) is 9.36. The van der Waals surface area contributed by atoms with Crippen molar-refractivity contribution in [3.8, 4) is 5.88 Å². The number of nitrogens with zero attached hydrogens (tertiary/aromatic N) is 1. The summed E-state index contributed by atoms with van der Waals surface area (Å²) in [5.41, 5.74) is 2.39. The first-order valence-electron chi connectivity index (χ1n) is 5.55. The zero-order valence-electron chi connectivity index (χ0n) is 9.36. The van der Waals surface area contributed by atoms with E-state index in [9.17, 15) is 0 Å². The summed E-state index contributed by atoms with van der Waals surface area (Å²) < 4.78 is 5.75. The molecule has 2 nitrogen and oxygen atoms in total. The maximum Gasteiger partial charge on any atom is 0.214 e. The molecule has 0 radical (unpaired) electrons. The van der Waals surface area contributed by atoms with Crippen LogP contribution in [0.4, 0.5) is 0 Å². The Kier molecular flexibility index (Phi) is 3.05. The maximum atomic E-state index is 5.75. The average molecular weight is 203 g/mol. The molecule has 1 aliphatic rings. The van der Waals surface area contributed by atoms with Crippen molar-refractivity contribution < 1.29 is 4.74 Å². The monoisotopic (exact) mass is 203 g/mol. The van der Waals surface area contributed by atoms with E-state index in [0.29, 0.717) is 6.10 Å². The second kappa shape index (κ2) is 4.47. The minimum atomic E-state index is 0.402. The molecule has 1 aromatic rings. The fourth-order valence-corrected chi connectivity index (χ4v) is 1.60. The van der Waals surface area contributed by atoms with Gasteiger partial charge >= 0.3 is 0 Å². The van der Waals surface area contributed by atoms with Gasteiger partial charge in [-0.3, -0.25) is 0 Å². The van der Waals surface area contributed by atoms with Gasteiger partial charge in [-0.1, -0.05) is 12.2 Å². The third kappa shape index (κ3) is 2.38. The SMILES string of the molecule is C/C=C\c1cc(OC2CCC2)ncc1C. The van der Waals surface area contributed by atoms with E-state index in [2.05, 4.69) is 18.0 Å². The van der Waals surface area contributed by atoms with Crippen LogP contribution in [-0.2, 0) is 0 Å². The van der Waals surface area contributed by atoms with E-state index in [0.717, 1.165) is 5.88 Å². The van der Waals surface area contributed by atoms with Gasteiger partial charge in [0.2, 0.25) is 5.88 Å². The quantitative estimate of drug-likeness (QED) is 0.751. The summed E-state index contributed by atoms with van der Waals surface area (Å²) >= 11 is 0. The lowest BCUT2D eigenvalue weighted by Crippen LogP contribution is -2.24. The minimum absolute atomic E-state index is 0.402. The molecule has 0 unspecified atom stereocenters. The van der Waals surface area contributed by atoms with Crippen molar-refractivity contribution in [3.63, 3.8) is 0 Å². The Morgan fingerprint density at radius 3 is 2.87 bits per heavy atom. The Balaban J connectivity index is 2.13. The molecule has 1 aliphatic carbocycles. The summed E-state index contributed by atoms with van der Waals surface area (Å²) in [5, 5.41) is 0. The third-order valence-corrected chi connectivity index (χ3v) is 2.81. The standard InChI is InChI=1S/C13H17NO/c1-3-5-11-8-13(14-9-10(11)2)15-12-6-4-7-12/h3,5,8-9,12H,4,6-7H2,1-2H3/b5-3-. The first-order valence-corrected chi connectivity index (χ1v) is 5.55. The molecule has 1 heterocycles. The molecular formula is C13H17NO. The maximum absolute atomic E-state index is 5.75. The Morgan fingerprint density at radius 2 is 2.27 bits per heavy atom. The van der Waals surface area contributed by atoms with Crippen LogP contribution in [0.2, 0.25) is 0 Å².